The summed E-state index contributed by atoms with van der Waals surface area (Å²) in [5.41, 5.74) is 1.12. The van der Waals surface area contributed by atoms with E-state index in [1.807, 2.05) is 18.2 Å². The lowest BCUT2D eigenvalue weighted by Crippen LogP contribution is -2.37. The van der Waals surface area contributed by atoms with E-state index in [0.29, 0.717) is 12.8 Å². The van der Waals surface area contributed by atoms with Crippen LogP contribution in [-0.4, -0.2) is 51.2 Å². The van der Waals surface area contributed by atoms with E-state index < -0.39 is 6.03 Å². The fourth-order valence-corrected chi connectivity index (χ4v) is 3.24. The van der Waals surface area contributed by atoms with Gasteiger partial charge in [-0.25, -0.2) is 4.79 Å². The number of imide groups is 1. The van der Waals surface area contributed by atoms with Crippen molar-refractivity contribution in [3.8, 4) is 11.5 Å². The lowest BCUT2D eigenvalue weighted by Gasteiger charge is -2.26. The maximum absolute atomic E-state index is 11.7. The molecule has 1 aliphatic heterocycles. The van der Waals surface area contributed by atoms with Crippen molar-refractivity contribution in [3.63, 3.8) is 0 Å². The topological polar surface area (TPSA) is 79.9 Å². The highest BCUT2D eigenvalue weighted by Gasteiger charge is 2.28. The third-order valence-electron chi connectivity index (χ3n) is 4.49. The van der Waals surface area contributed by atoms with Crippen LogP contribution in [0.25, 0.3) is 0 Å². The molecule has 0 aliphatic carbocycles. The molecule has 25 heavy (non-hydrogen) atoms. The molecule has 7 heteroatoms. The Balaban J connectivity index is 1.96. The molecule has 138 valence electrons. The Labute approximate surface area is 148 Å². The molecule has 0 aromatic heterocycles. The summed E-state index contributed by atoms with van der Waals surface area (Å²) in [5.74, 6) is 1.41. The highest BCUT2D eigenvalue weighted by atomic mass is 16.5. The molecule has 1 fully saturated rings. The van der Waals surface area contributed by atoms with E-state index in [1.165, 1.54) is 7.05 Å². The zero-order chi connectivity index (χ0) is 18.2. The summed E-state index contributed by atoms with van der Waals surface area (Å²) in [5, 5.41) is 4.66. The number of hydrogen-bond acceptors (Lipinski definition) is 5. The van der Waals surface area contributed by atoms with Crippen molar-refractivity contribution >= 4 is 11.9 Å². The van der Waals surface area contributed by atoms with Crippen LogP contribution in [0.2, 0.25) is 0 Å². The number of nitrogens with zero attached hydrogens (tertiary/aromatic N) is 1. The third-order valence-corrected chi connectivity index (χ3v) is 4.49. The molecule has 1 aliphatic rings. The zero-order valence-electron chi connectivity index (χ0n) is 15.1. The molecule has 1 aromatic carbocycles. The van der Waals surface area contributed by atoms with Gasteiger partial charge in [-0.3, -0.25) is 15.0 Å². The molecule has 1 unspecified atom stereocenters. The first-order chi connectivity index (χ1) is 12.1. The predicted molar refractivity (Wildman–Crippen MR) is 94.9 cm³/mol. The summed E-state index contributed by atoms with van der Waals surface area (Å²) in [6.07, 6.45) is 3.18. The van der Waals surface area contributed by atoms with Gasteiger partial charge in [0.05, 0.1) is 14.2 Å². The Bertz CT molecular complexity index is 606. The first-order valence-corrected chi connectivity index (χ1v) is 8.56. The van der Waals surface area contributed by atoms with Gasteiger partial charge >= 0.3 is 6.03 Å². The first-order valence-electron chi connectivity index (χ1n) is 8.56. The normalized spacial score (nSPS) is 17.2. The monoisotopic (exact) mass is 349 g/mol. The Morgan fingerprint density at radius 1 is 1.28 bits per heavy atom. The number of ether oxygens (including phenoxy) is 2. The molecule has 0 bridgehead atoms. The maximum atomic E-state index is 11.7. The molecule has 0 radical (unpaired) electrons. The number of carbonyl (C=O) groups excluding carboxylic acids is 2. The SMILES string of the molecule is CNC(=O)NC(=O)CCCN1CCCC1c1cc(OC)ccc1OC. The fourth-order valence-electron chi connectivity index (χ4n) is 3.24. The van der Waals surface area contributed by atoms with Crippen molar-refractivity contribution in [2.75, 3.05) is 34.4 Å². The van der Waals surface area contributed by atoms with Crippen LogP contribution in [0.5, 0.6) is 11.5 Å². The molecule has 7 nitrogen and oxygen atoms in total. The lowest BCUT2D eigenvalue weighted by atomic mass is 10.0. The number of methoxy groups -OCH3 is 2. The smallest absolute Gasteiger partial charge is 0.321 e. The third kappa shape index (κ3) is 5.09. The van der Waals surface area contributed by atoms with Crippen LogP contribution >= 0.6 is 0 Å². The Morgan fingerprint density at radius 2 is 2.08 bits per heavy atom. The number of hydrogen-bond donors (Lipinski definition) is 2. The minimum absolute atomic E-state index is 0.256. The summed E-state index contributed by atoms with van der Waals surface area (Å²) in [7, 11) is 4.82. The van der Waals surface area contributed by atoms with Crippen LogP contribution in [0.15, 0.2) is 18.2 Å². The van der Waals surface area contributed by atoms with Gasteiger partial charge in [0.15, 0.2) is 0 Å². The van der Waals surface area contributed by atoms with Gasteiger partial charge in [-0.15, -0.1) is 0 Å². The van der Waals surface area contributed by atoms with E-state index in [9.17, 15) is 9.59 Å². The average molecular weight is 349 g/mol. The fraction of sp³-hybridized carbons (Fsp3) is 0.556. The van der Waals surface area contributed by atoms with Gasteiger partial charge in [-0.05, 0) is 50.6 Å². The van der Waals surface area contributed by atoms with Crippen LogP contribution in [0, 0.1) is 0 Å². The van der Waals surface area contributed by atoms with Crippen molar-refractivity contribution in [3.05, 3.63) is 23.8 Å². The number of amides is 3. The molecular formula is C18H27N3O4. The van der Waals surface area contributed by atoms with Gasteiger partial charge in [0.25, 0.3) is 0 Å². The number of likely N-dealkylation sites (tertiary alicyclic amines) is 1. The van der Waals surface area contributed by atoms with Gasteiger partial charge in [-0.1, -0.05) is 0 Å². The molecule has 0 saturated carbocycles. The van der Waals surface area contributed by atoms with Gasteiger partial charge in [0.2, 0.25) is 5.91 Å². The summed E-state index contributed by atoms with van der Waals surface area (Å²) < 4.78 is 10.9. The quantitative estimate of drug-likeness (QED) is 0.788. The highest BCUT2D eigenvalue weighted by Crippen LogP contribution is 2.38. The van der Waals surface area contributed by atoms with E-state index in [4.69, 9.17) is 9.47 Å². The molecule has 2 N–H and O–H groups in total. The molecule has 1 atom stereocenters. The van der Waals surface area contributed by atoms with Crippen LogP contribution in [0.3, 0.4) is 0 Å². The predicted octanol–water partition coefficient (Wildman–Crippen LogP) is 2.08. The van der Waals surface area contributed by atoms with E-state index >= 15 is 0 Å². The van der Waals surface area contributed by atoms with E-state index in [2.05, 4.69) is 15.5 Å². The molecule has 2 rings (SSSR count). The van der Waals surface area contributed by atoms with Gasteiger partial charge in [-0.2, -0.15) is 0 Å². The molecule has 3 amide bonds. The van der Waals surface area contributed by atoms with Gasteiger partial charge in [0, 0.05) is 25.1 Å². The van der Waals surface area contributed by atoms with Crippen LogP contribution in [0.4, 0.5) is 4.79 Å². The van der Waals surface area contributed by atoms with Gasteiger partial charge in [0.1, 0.15) is 11.5 Å². The van der Waals surface area contributed by atoms with Crippen molar-refractivity contribution in [2.45, 2.75) is 31.7 Å². The number of rotatable bonds is 7. The second kappa shape index (κ2) is 9.27. The first kappa shape index (κ1) is 19.1. The Kier molecular flexibility index (Phi) is 7.06. The summed E-state index contributed by atoms with van der Waals surface area (Å²) >= 11 is 0. The molecule has 0 spiro atoms. The van der Waals surface area contributed by atoms with Crippen molar-refractivity contribution in [2.24, 2.45) is 0 Å². The second-order valence-electron chi connectivity index (χ2n) is 6.03. The molecule has 1 heterocycles. The van der Waals surface area contributed by atoms with Gasteiger partial charge < -0.3 is 14.8 Å². The molecule has 1 saturated heterocycles. The Hall–Kier alpha value is -2.28. The van der Waals surface area contributed by atoms with Crippen LogP contribution in [0.1, 0.15) is 37.3 Å². The average Bonchev–Trinajstić information content (AvgIpc) is 3.09. The van der Waals surface area contributed by atoms with Crippen molar-refractivity contribution < 1.29 is 19.1 Å². The zero-order valence-corrected chi connectivity index (χ0v) is 15.1. The number of nitrogens with one attached hydrogen (secondary N) is 2. The summed E-state index contributed by atoms with van der Waals surface area (Å²) in [6.45, 7) is 1.79. The minimum atomic E-state index is -0.467. The summed E-state index contributed by atoms with van der Waals surface area (Å²) in [4.78, 5) is 25.2. The van der Waals surface area contributed by atoms with E-state index in [-0.39, 0.29) is 11.9 Å². The van der Waals surface area contributed by atoms with Crippen molar-refractivity contribution in [1.82, 2.24) is 15.5 Å². The number of benzene rings is 1. The molecular weight excluding hydrogens is 322 g/mol. The van der Waals surface area contributed by atoms with E-state index in [0.717, 1.165) is 43.0 Å². The highest BCUT2D eigenvalue weighted by molar-refractivity contribution is 5.94. The maximum Gasteiger partial charge on any atom is 0.321 e. The minimum Gasteiger partial charge on any atom is -0.497 e. The standard InChI is InChI=1S/C18H27N3O4/c1-19-18(23)20-17(22)7-5-11-21-10-4-6-15(21)14-12-13(24-2)8-9-16(14)25-3/h8-9,12,15H,4-7,10-11H2,1-3H3,(H2,19,20,22,23). The molecule has 1 aromatic rings. The van der Waals surface area contributed by atoms with E-state index in [1.54, 1.807) is 14.2 Å². The number of urea groups is 1. The summed E-state index contributed by atoms with van der Waals surface area (Å²) in [6, 6.07) is 5.64. The van der Waals surface area contributed by atoms with Crippen LogP contribution < -0.4 is 20.1 Å². The largest absolute Gasteiger partial charge is 0.497 e. The second-order valence-corrected chi connectivity index (χ2v) is 6.03. The Morgan fingerprint density at radius 3 is 2.76 bits per heavy atom. The van der Waals surface area contributed by atoms with Crippen LogP contribution in [-0.2, 0) is 4.79 Å². The lowest BCUT2D eigenvalue weighted by molar-refractivity contribution is -0.120. The number of carbonyl (C=O) groups is 2. The van der Waals surface area contributed by atoms with Crippen molar-refractivity contribution in [1.29, 1.82) is 0 Å².